The average Bonchev–Trinajstić information content (AvgIpc) is 2.75. The molecule has 3 rings (SSSR count). The smallest absolute Gasteiger partial charge is 0.311 e. The van der Waals surface area contributed by atoms with Crippen molar-refractivity contribution in [3.05, 3.63) is 99.2 Å². The topological polar surface area (TPSA) is 105 Å². The normalized spacial score (nSPS) is 10.5. The summed E-state index contributed by atoms with van der Waals surface area (Å²) in [5.41, 5.74) is 5.72. The van der Waals surface area contributed by atoms with Crippen LogP contribution in [0.15, 0.2) is 60.7 Å². The molecular weight excluding hydrogens is 427 g/mol. The molecule has 3 aromatic rings. The second-order valence-electron chi connectivity index (χ2n) is 6.42. The van der Waals surface area contributed by atoms with Crippen molar-refractivity contribution in [3.8, 4) is 17.2 Å². The zero-order valence-electron chi connectivity index (χ0n) is 16.1. The van der Waals surface area contributed by atoms with Crippen LogP contribution in [-0.4, -0.2) is 10.8 Å². The molecule has 0 bridgehead atoms. The molecule has 9 heteroatoms. The fourth-order valence-electron chi connectivity index (χ4n) is 2.69. The number of carbonyl (C=O) groups excluding carboxylic acids is 1. The molecule has 1 radical (unpaired) electrons. The number of nitrogens with zero attached hydrogens (tertiary/aromatic N) is 1. The summed E-state index contributed by atoms with van der Waals surface area (Å²) < 4.78 is 26.0. The Kier molecular flexibility index (Phi) is 7.04. The van der Waals surface area contributed by atoms with Gasteiger partial charge in [0.1, 0.15) is 12.4 Å². The van der Waals surface area contributed by atoms with E-state index in [1.807, 2.05) is 30.3 Å². The molecule has 0 aliphatic heterocycles. The molecule has 0 heterocycles. The Morgan fingerprint density at radius 1 is 1.16 bits per heavy atom. The van der Waals surface area contributed by atoms with Crippen LogP contribution in [-0.2, 0) is 11.4 Å². The number of primary amides is 1. The molecule has 0 spiro atoms. The summed E-state index contributed by atoms with van der Waals surface area (Å²) in [6.45, 7) is 0.0951. The van der Waals surface area contributed by atoms with Gasteiger partial charge in [0.25, 0.3) is 0 Å². The molecule has 0 unspecified atom stereocenters. The van der Waals surface area contributed by atoms with Crippen LogP contribution in [0.3, 0.4) is 0 Å². The molecule has 0 saturated heterocycles. The van der Waals surface area contributed by atoms with Crippen LogP contribution < -0.4 is 15.2 Å². The van der Waals surface area contributed by atoms with E-state index in [1.165, 1.54) is 36.8 Å². The number of amides is 1. The molecule has 0 saturated carbocycles. The first-order chi connectivity index (χ1) is 14.8. The van der Waals surface area contributed by atoms with Crippen molar-refractivity contribution in [2.45, 2.75) is 13.0 Å². The molecule has 0 aromatic heterocycles. The van der Waals surface area contributed by atoms with Gasteiger partial charge in [0, 0.05) is 25.0 Å². The number of rotatable bonds is 9. The molecule has 7 nitrogen and oxygen atoms in total. The Morgan fingerprint density at radius 2 is 1.90 bits per heavy atom. The van der Waals surface area contributed by atoms with E-state index in [2.05, 4.69) is 0 Å². The lowest BCUT2D eigenvalue weighted by Crippen LogP contribution is -2.10. The van der Waals surface area contributed by atoms with E-state index in [9.17, 15) is 19.3 Å². The van der Waals surface area contributed by atoms with Gasteiger partial charge in [0.2, 0.25) is 11.7 Å². The van der Waals surface area contributed by atoms with E-state index in [4.69, 9.17) is 26.8 Å². The summed E-state index contributed by atoms with van der Waals surface area (Å²) in [5.74, 6) is -1.66. The molecule has 3 aromatic carbocycles. The van der Waals surface area contributed by atoms with Gasteiger partial charge in [-0.15, -0.1) is 0 Å². The second-order valence-corrected chi connectivity index (χ2v) is 6.82. The largest absolute Gasteiger partial charge is 0.482 e. The lowest BCUT2D eigenvalue weighted by molar-refractivity contribution is -0.386. The van der Waals surface area contributed by atoms with Gasteiger partial charge in [-0.3, -0.25) is 14.9 Å². The number of halogens is 2. The van der Waals surface area contributed by atoms with E-state index in [0.717, 1.165) is 5.56 Å². The predicted octanol–water partition coefficient (Wildman–Crippen LogP) is 5.19. The second kappa shape index (κ2) is 9.90. The van der Waals surface area contributed by atoms with Crippen LogP contribution in [0, 0.1) is 22.4 Å². The summed E-state index contributed by atoms with van der Waals surface area (Å²) in [6.07, 6.45) is 1.15. The lowest BCUT2D eigenvalue weighted by atomic mass is 10.1. The van der Waals surface area contributed by atoms with Crippen LogP contribution in [0.2, 0.25) is 5.02 Å². The van der Waals surface area contributed by atoms with Crippen molar-refractivity contribution in [2.75, 3.05) is 0 Å². The third-order valence-electron chi connectivity index (χ3n) is 4.19. The van der Waals surface area contributed by atoms with E-state index in [-0.39, 0.29) is 46.5 Å². The van der Waals surface area contributed by atoms with Gasteiger partial charge in [0.15, 0.2) is 11.6 Å². The Hall–Kier alpha value is -3.65. The van der Waals surface area contributed by atoms with Gasteiger partial charge in [-0.05, 0) is 23.3 Å². The van der Waals surface area contributed by atoms with Crippen molar-refractivity contribution in [1.29, 1.82) is 0 Å². The van der Waals surface area contributed by atoms with E-state index >= 15 is 0 Å². The molecule has 31 heavy (non-hydrogen) atoms. The molecular formula is C22H17ClFN2O5. The van der Waals surface area contributed by atoms with Gasteiger partial charge in [0.05, 0.1) is 9.95 Å². The number of nitrogens with two attached hydrogens (primary N) is 1. The van der Waals surface area contributed by atoms with Crippen molar-refractivity contribution in [3.63, 3.8) is 0 Å². The molecule has 2 N–H and O–H groups in total. The van der Waals surface area contributed by atoms with Crippen molar-refractivity contribution < 1.29 is 23.6 Å². The monoisotopic (exact) mass is 443 g/mol. The quantitative estimate of drug-likeness (QED) is 0.362. The predicted molar refractivity (Wildman–Crippen MR) is 113 cm³/mol. The van der Waals surface area contributed by atoms with Gasteiger partial charge in [-0.1, -0.05) is 48.0 Å². The van der Waals surface area contributed by atoms with Gasteiger partial charge in [-0.25, -0.2) is 4.39 Å². The zero-order chi connectivity index (χ0) is 22.4. The standard InChI is InChI=1S/C22H17ClFN2O5/c23-17-9-6-15(7-11-20(25)27)21(24)22(17)31-16-8-10-18(26(28)29)19(12-16)30-13-14-4-2-1-3-5-14/h1-10,12H,11,13H2,(H2,25,27). The highest BCUT2D eigenvalue weighted by Gasteiger charge is 2.20. The van der Waals surface area contributed by atoms with Gasteiger partial charge >= 0.3 is 5.69 Å². The van der Waals surface area contributed by atoms with Crippen LogP contribution in [0.5, 0.6) is 17.2 Å². The van der Waals surface area contributed by atoms with Gasteiger partial charge < -0.3 is 15.2 Å². The fraction of sp³-hybridized carbons (Fsp3) is 0.0909. The van der Waals surface area contributed by atoms with E-state index in [0.29, 0.717) is 0 Å². The number of nitro groups is 1. The van der Waals surface area contributed by atoms with Crippen LogP contribution in [0.25, 0.3) is 0 Å². The first-order valence-corrected chi connectivity index (χ1v) is 9.45. The number of nitro benzene ring substituents is 1. The lowest BCUT2D eigenvalue weighted by Gasteiger charge is -2.13. The molecule has 1 amide bonds. The molecule has 0 fully saturated rings. The Labute approximate surface area is 182 Å². The first kappa shape index (κ1) is 22.0. The van der Waals surface area contributed by atoms with Crippen LogP contribution in [0.4, 0.5) is 10.1 Å². The number of benzene rings is 3. The molecule has 0 atom stereocenters. The minimum absolute atomic E-state index is 0.0150. The summed E-state index contributed by atoms with van der Waals surface area (Å²) in [6, 6.07) is 15.7. The fourth-order valence-corrected chi connectivity index (χ4v) is 2.87. The summed E-state index contributed by atoms with van der Waals surface area (Å²) in [7, 11) is 0. The van der Waals surface area contributed by atoms with E-state index < -0.39 is 16.6 Å². The Morgan fingerprint density at radius 3 is 2.58 bits per heavy atom. The van der Waals surface area contributed by atoms with Gasteiger partial charge in [-0.2, -0.15) is 0 Å². The average molecular weight is 444 g/mol. The first-order valence-electron chi connectivity index (χ1n) is 9.07. The van der Waals surface area contributed by atoms with Crippen LogP contribution >= 0.6 is 11.6 Å². The third kappa shape index (κ3) is 5.70. The maximum absolute atomic E-state index is 14.8. The molecule has 0 aliphatic rings. The Balaban J connectivity index is 1.87. The SMILES string of the molecule is NC(=O)C[CH]c1ccc(Cl)c(Oc2ccc([N+](=O)[O-])c(OCc3ccccc3)c2)c1F. The summed E-state index contributed by atoms with van der Waals surface area (Å²) in [4.78, 5) is 21.7. The van der Waals surface area contributed by atoms with Crippen molar-refractivity contribution in [1.82, 2.24) is 0 Å². The molecule has 0 aliphatic carbocycles. The molecule has 159 valence electrons. The maximum Gasteiger partial charge on any atom is 0.311 e. The number of hydrogen-bond acceptors (Lipinski definition) is 5. The highest BCUT2D eigenvalue weighted by molar-refractivity contribution is 6.32. The summed E-state index contributed by atoms with van der Waals surface area (Å²) in [5, 5.41) is 11.3. The highest BCUT2D eigenvalue weighted by atomic mass is 35.5. The Bertz CT molecular complexity index is 1110. The highest BCUT2D eigenvalue weighted by Crippen LogP contribution is 2.38. The number of ether oxygens (including phenoxy) is 2. The zero-order valence-corrected chi connectivity index (χ0v) is 16.8. The summed E-state index contributed by atoms with van der Waals surface area (Å²) >= 11 is 6.07. The third-order valence-corrected chi connectivity index (χ3v) is 4.48. The minimum Gasteiger partial charge on any atom is -0.482 e. The minimum atomic E-state index is -0.793. The van der Waals surface area contributed by atoms with Crippen LogP contribution in [0.1, 0.15) is 17.5 Å². The van der Waals surface area contributed by atoms with Crippen molar-refractivity contribution in [2.24, 2.45) is 5.73 Å². The van der Waals surface area contributed by atoms with E-state index in [1.54, 1.807) is 0 Å². The number of hydrogen-bond donors (Lipinski definition) is 1. The van der Waals surface area contributed by atoms with Crippen molar-refractivity contribution >= 4 is 23.2 Å². The number of carbonyl (C=O) groups is 1. The maximum atomic E-state index is 14.8.